The van der Waals surface area contributed by atoms with Crippen molar-refractivity contribution in [2.75, 3.05) is 10.4 Å². The molecule has 4 aromatic rings. The van der Waals surface area contributed by atoms with Gasteiger partial charge in [0.05, 0.1) is 0 Å². The lowest BCUT2D eigenvalue weighted by Gasteiger charge is -2.27. The van der Waals surface area contributed by atoms with Gasteiger partial charge in [0.2, 0.25) is 0 Å². The first-order valence-electron chi connectivity index (χ1n) is 11.7. The van der Waals surface area contributed by atoms with Crippen LogP contribution < -0.4 is 19.9 Å². The molecule has 2 heterocycles. The van der Waals surface area contributed by atoms with Gasteiger partial charge in [-0.05, 0) is 35.4 Å². The number of hydrogen-bond acceptors (Lipinski definition) is 7. The zero-order valence-electron chi connectivity index (χ0n) is 19.9. The number of alkyl halides is 3. The van der Waals surface area contributed by atoms with Gasteiger partial charge in [-0.15, -0.1) is 0 Å². The van der Waals surface area contributed by atoms with Crippen LogP contribution in [0.5, 0.6) is 11.5 Å². The Hall–Kier alpha value is -4.73. The van der Waals surface area contributed by atoms with Crippen LogP contribution in [0.2, 0.25) is 0 Å². The van der Waals surface area contributed by atoms with Crippen molar-refractivity contribution in [3.8, 4) is 11.5 Å². The maximum Gasteiger partial charge on any atom is 0.493 e. The van der Waals surface area contributed by atoms with Crippen LogP contribution in [0.15, 0.2) is 97.2 Å². The van der Waals surface area contributed by atoms with Crippen molar-refractivity contribution in [1.82, 2.24) is 4.98 Å². The molecule has 0 spiro atoms. The Balaban J connectivity index is 1.47. The van der Waals surface area contributed by atoms with Crippen molar-refractivity contribution in [2.24, 2.45) is 0 Å². The van der Waals surface area contributed by atoms with Gasteiger partial charge < -0.3 is 19.6 Å². The first-order chi connectivity index (χ1) is 18.4. The van der Waals surface area contributed by atoms with Crippen molar-refractivity contribution in [3.63, 3.8) is 0 Å². The molecular weight excluding hydrogens is 499 g/mol. The molecule has 5 rings (SSSR count). The van der Waals surface area contributed by atoms with Gasteiger partial charge in [-0.1, -0.05) is 60.7 Å². The number of pyridine rings is 1. The first kappa shape index (κ1) is 24.9. The summed E-state index contributed by atoms with van der Waals surface area (Å²) in [5, 5.41) is 3.88. The lowest BCUT2D eigenvalue weighted by atomic mass is 10.1. The van der Waals surface area contributed by atoms with Crippen LogP contribution in [0.1, 0.15) is 22.9 Å². The fourth-order valence-electron chi connectivity index (χ4n) is 3.89. The molecule has 38 heavy (non-hydrogen) atoms. The van der Waals surface area contributed by atoms with Gasteiger partial charge in [0.15, 0.2) is 12.0 Å². The number of hydroxylamine groups is 1. The van der Waals surface area contributed by atoms with Gasteiger partial charge in [-0.2, -0.15) is 18.2 Å². The van der Waals surface area contributed by atoms with Crippen LogP contribution in [0.25, 0.3) is 0 Å². The number of aromatic nitrogens is 1. The van der Waals surface area contributed by atoms with E-state index in [1.165, 1.54) is 18.3 Å². The standard InChI is InChI=1S/C28H22F3N3O4/c29-28(30,31)27(35)38-34-23-12-7-15-32-25(23)33-26(34)22-14-13-21(36-17-19-8-3-1-4-9-19)16-24(22)37-18-20-10-5-2-6-11-20/h1-16,26H,17-18H2,(H,32,33). The number of hydrogen-bond donors (Lipinski definition) is 1. The Morgan fingerprint density at radius 2 is 1.53 bits per heavy atom. The molecule has 0 saturated heterocycles. The Labute approximate surface area is 216 Å². The van der Waals surface area contributed by atoms with Gasteiger partial charge in [0, 0.05) is 17.8 Å². The summed E-state index contributed by atoms with van der Waals surface area (Å²) in [6.45, 7) is 0.501. The van der Waals surface area contributed by atoms with Gasteiger partial charge in [0.1, 0.15) is 30.4 Å². The molecule has 1 N–H and O–H groups in total. The molecule has 0 radical (unpaired) electrons. The average Bonchev–Trinajstić information content (AvgIpc) is 3.29. The van der Waals surface area contributed by atoms with E-state index in [1.54, 1.807) is 18.2 Å². The number of nitrogens with one attached hydrogen (secondary N) is 1. The number of carbonyl (C=O) groups is 1. The van der Waals surface area contributed by atoms with Crippen molar-refractivity contribution < 1.29 is 32.3 Å². The van der Waals surface area contributed by atoms with Gasteiger partial charge in [-0.3, -0.25) is 0 Å². The van der Waals surface area contributed by atoms with Crippen LogP contribution >= 0.6 is 0 Å². The molecule has 0 amide bonds. The number of halogens is 3. The van der Waals surface area contributed by atoms with Crippen LogP contribution in [0, 0.1) is 0 Å². The Kier molecular flexibility index (Phi) is 7.03. The van der Waals surface area contributed by atoms with Gasteiger partial charge in [0.25, 0.3) is 0 Å². The third-order valence-electron chi connectivity index (χ3n) is 5.71. The number of ether oxygens (including phenoxy) is 2. The number of benzene rings is 3. The molecule has 10 heteroatoms. The molecule has 1 aliphatic rings. The number of nitrogens with zero attached hydrogens (tertiary/aromatic N) is 2. The predicted molar refractivity (Wildman–Crippen MR) is 133 cm³/mol. The van der Waals surface area contributed by atoms with Crippen molar-refractivity contribution in [3.05, 3.63) is 114 Å². The second-order valence-corrected chi connectivity index (χ2v) is 8.37. The highest BCUT2D eigenvalue weighted by Gasteiger charge is 2.46. The normalized spacial score (nSPS) is 14.4. The number of anilines is 2. The highest BCUT2D eigenvalue weighted by atomic mass is 19.4. The van der Waals surface area contributed by atoms with Gasteiger partial charge in [-0.25, -0.2) is 9.78 Å². The second-order valence-electron chi connectivity index (χ2n) is 8.37. The van der Waals surface area contributed by atoms with E-state index in [2.05, 4.69) is 10.3 Å². The van der Waals surface area contributed by atoms with Crippen LogP contribution in [0.4, 0.5) is 24.7 Å². The molecule has 1 aromatic heterocycles. The monoisotopic (exact) mass is 521 g/mol. The van der Waals surface area contributed by atoms with Crippen molar-refractivity contribution >= 4 is 17.5 Å². The highest BCUT2D eigenvalue weighted by molar-refractivity contribution is 5.80. The molecule has 0 fully saturated rings. The lowest BCUT2D eigenvalue weighted by Crippen LogP contribution is -2.37. The molecule has 0 saturated carbocycles. The Morgan fingerprint density at radius 3 is 2.18 bits per heavy atom. The van der Waals surface area contributed by atoms with Crippen LogP contribution in [-0.2, 0) is 22.8 Å². The summed E-state index contributed by atoms with van der Waals surface area (Å²) in [6.07, 6.45) is -4.75. The molecule has 1 aliphatic heterocycles. The molecule has 7 nitrogen and oxygen atoms in total. The Morgan fingerprint density at radius 1 is 0.868 bits per heavy atom. The van der Waals surface area contributed by atoms with E-state index in [0.717, 1.165) is 16.2 Å². The quantitative estimate of drug-likeness (QED) is 0.296. The van der Waals surface area contributed by atoms with Crippen LogP contribution in [0.3, 0.4) is 0 Å². The minimum absolute atomic E-state index is 0.175. The first-order valence-corrected chi connectivity index (χ1v) is 11.7. The molecule has 0 bridgehead atoms. The lowest BCUT2D eigenvalue weighted by molar-refractivity contribution is -0.201. The highest BCUT2D eigenvalue weighted by Crippen LogP contribution is 2.44. The topological polar surface area (TPSA) is 72.9 Å². The smallest absolute Gasteiger partial charge is 0.489 e. The molecule has 1 atom stereocenters. The van der Waals surface area contributed by atoms with E-state index < -0.39 is 18.3 Å². The minimum atomic E-state index is -5.18. The molecule has 194 valence electrons. The summed E-state index contributed by atoms with van der Waals surface area (Å²) >= 11 is 0. The fraction of sp³-hybridized carbons (Fsp3) is 0.143. The number of carbonyl (C=O) groups excluding carboxylic acids is 1. The maximum absolute atomic E-state index is 13.1. The minimum Gasteiger partial charge on any atom is -0.489 e. The molecule has 3 aromatic carbocycles. The molecular formula is C28H22F3N3O4. The fourth-order valence-corrected chi connectivity index (χ4v) is 3.89. The summed E-state index contributed by atoms with van der Waals surface area (Å²) in [5.41, 5.74) is 2.45. The summed E-state index contributed by atoms with van der Waals surface area (Å²) in [4.78, 5) is 20.8. The molecule has 1 unspecified atom stereocenters. The average molecular weight is 521 g/mol. The van der Waals surface area contributed by atoms with E-state index in [1.807, 2.05) is 60.7 Å². The predicted octanol–water partition coefficient (Wildman–Crippen LogP) is 6.19. The number of fused-ring (bicyclic) bond motifs is 1. The zero-order chi connectivity index (χ0) is 26.5. The maximum atomic E-state index is 13.1. The van der Waals surface area contributed by atoms with E-state index in [9.17, 15) is 18.0 Å². The summed E-state index contributed by atoms with van der Waals surface area (Å²) in [5.74, 6) is -1.27. The Bertz CT molecular complexity index is 1400. The van der Waals surface area contributed by atoms with E-state index in [4.69, 9.17) is 14.3 Å². The summed E-state index contributed by atoms with van der Waals surface area (Å²) in [7, 11) is 0. The van der Waals surface area contributed by atoms with E-state index >= 15 is 0 Å². The number of rotatable bonds is 8. The van der Waals surface area contributed by atoms with Gasteiger partial charge >= 0.3 is 12.1 Å². The molecule has 0 aliphatic carbocycles. The largest absolute Gasteiger partial charge is 0.493 e. The van der Waals surface area contributed by atoms with Crippen molar-refractivity contribution in [2.45, 2.75) is 25.6 Å². The van der Waals surface area contributed by atoms with Crippen molar-refractivity contribution in [1.29, 1.82) is 0 Å². The third kappa shape index (κ3) is 5.64. The SMILES string of the molecule is O=C(ON1c2cccnc2NC1c1ccc(OCc2ccccc2)cc1OCc1ccccc1)C(F)(F)F. The summed E-state index contributed by atoms with van der Waals surface area (Å²) in [6, 6.07) is 27.0. The van der Waals surface area contributed by atoms with E-state index in [-0.39, 0.29) is 18.1 Å². The summed E-state index contributed by atoms with van der Waals surface area (Å²) < 4.78 is 51.3. The zero-order valence-corrected chi connectivity index (χ0v) is 19.9. The third-order valence-corrected chi connectivity index (χ3v) is 5.71. The van der Waals surface area contributed by atoms with E-state index in [0.29, 0.717) is 23.7 Å². The second kappa shape index (κ2) is 10.7. The van der Waals surface area contributed by atoms with Crippen LogP contribution in [-0.4, -0.2) is 17.1 Å².